The summed E-state index contributed by atoms with van der Waals surface area (Å²) in [5.74, 6) is 0. The second-order valence-corrected chi connectivity index (χ2v) is 6.87. The van der Waals surface area contributed by atoms with Gasteiger partial charge in [0.2, 0.25) is 0 Å². The number of hydrogen-bond donors (Lipinski definition) is 1. The molecule has 0 unspecified atom stereocenters. The monoisotopic (exact) mass is 307 g/mol. The van der Waals surface area contributed by atoms with E-state index in [0.29, 0.717) is 6.54 Å². The Morgan fingerprint density at radius 1 is 1.24 bits per heavy atom. The first-order valence-electron chi connectivity index (χ1n) is 7.19. The van der Waals surface area contributed by atoms with E-state index >= 15 is 0 Å². The highest BCUT2D eigenvalue weighted by Gasteiger charge is 2.52. The van der Waals surface area contributed by atoms with Gasteiger partial charge in [-0.05, 0) is 57.3 Å². The summed E-state index contributed by atoms with van der Waals surface area (Å²) >= 11 is 6.17. The summed E-state index contributed by atoms with van der Waals surface area (Å²) in [5, 5.41) is 0.744. The van der Waals surface area contributed by atoms with Crippen LogP contribution in [0.1, 0.15) is 38.8 Å². The van der Waals surface area contributed by atoms with Gasteiger partial charge < -0.3 is 15.0 Å². The fourth-order valence-corrected chi connectivity index (χ4v) is 2.38. The number of hydrogen-bond acceptors (Lipinski definition) is 3. The summed E-state index contributed by atoms with van der Waals surface area (Å²) in [4.78, 5) is 0. The molecule has 1 heterocycles. The van der Waals surface area contributed by atoms with Crippen LogP contribution in [0.3, 0.4) is 0 Å². The van der Waals surface area contributed by atoms with Gasteiger partial charge in [0.15, 0.2) is 0 Å². The lowest BCUT2D eigenvalue weighted by Gasteiger charge is -2.32. The Morgan fingerprint density at radius 2 is 1.81 bits per heavy atom. The zero-order chi connectivity index (χ0) is 15.8. The van der Waals surface area contributed by atoms with Crippen LogP contribution in [0.15, 0.2) is 23.7 Å². The van der Waals surface area contributed by atoms with Crippen molar-refractivity contribution >= 4 is 24.8 Å². The van der Waals surface area contributed by atoms with Gasteiger partial charge in [0, 0.05) is 11.6 Å². The lowest BCUT2D eigenvalue weighted by atomic mass is 9.77. The zero-order valence-corrected chi connectivity index (χ0v) is 14.1. The molecule has 1 aliphatic rings. The van der Waals surface area contributed by atoms with E-state index in [4.69, 9.17) is 26.6 Å². The van der Waals surface area contributed by atoms with Crippen molar-refractivity contribution in [2.75, 3.05) is 6.54 Å². The smallest absolute Gasteiger partial charge is 0.400 e. The average Bonchev–Trinajstić information content (AvgIpc) is 2.60. The third-order valence-electron chi connectivity index (χ3n) is 4.44. The standard InChI is InChI=1S/C16H23BClNO2/c1-11-12(7-6-8-14(11)18)9-13(10-19)17-20-15(2,3)16(4,5)21-17/h6-9H,10,19H2,1-5H3. The van der Waals surface area contributed by atoms with Gasteiger partial charge in [0.1, 0.15) is 0 Å². The molecule has 1 aromatic carbocycles. The van der Waals surface area contributed by atoms with E-state index in [1.54, 1.807) is 0 Å². The zero-order valence-electron chi connectivity index (χ0n) is 13.4. The number of rotatable bonds is 3. The van der Waals surface area contributed by atoms with Crippen LogP contribution in [0, 0.1) is 6.92 Å². The van der Waals surface area contributed by atoms with Gasteiger partial charge in [-0.15, -0.1) is 0 Å². The molecule has 0 atom stereocenters. The van der Waals surface area contributed by atoms with E-state index in [1.165, 1.54) is 0 Å². The molecule has 0 aromatic heterocycles. The van der Waals surface area contributed by atoms with Crippen molar-refractivity contribution in [1.29, 1.82) is 0 Å². The molecular formula is C16H23BClNO2. The molecule has 1 aromatic rings. The highest BCUT2D eigenvalue weighted by atomic mass is 35.5. The number of benzene rings is 1. The predicted molar refractivity (Wildman–Crippen MR) is 89.3 cm³/mol. The summed E-state index contributed by atoms with van der Waals surface area (Å²) in [5.41, 5.74) is 8.16. The molecule has 114 valence electrons. The van der Waals surface area contributed by atoms with Gasteiger partial charge in [-0.1, -0.05) is 29.8 Å². The second kappa shape index (κ2) is 5.77. The van der Waals surface area contributed by atoms with Gasteiger partial charge in [-0.25, -0.2) is 0 Å². The van der Waals surface area contributed by atoms with Gasteiger partial charge in [0.25, 0.3) is 0 Å². The SMILES string of the molecule is Cc1c(Cl)cccc1C=C(CN)B1OC(C)(C)C(C)(C)O1. The van der Waals surface area contributed by atoms with E-state index in [-0.39, 0.29) is 11.2 Å². The van der Waals surface area contributed by atoms with Crippen LogP contribution in [-0.4, -0.2) is 24.9 Å². The van der Waals surface area contributed by atoms with Crippen LogP contribution >= 0.6 is 11.6 Å². The van der Waals surface area contributed by atoms with Crippen LogP contribution in [-0.2, 0) is 9.31 Å². The normalized spacial score (nSPS) is 20.9. The Labute approximate surface area is 132 Å². The topological polar surface area (TPSA) is 44.5 Å². The maximum absolute atomic E-state index is 6.17. The second-order valence-electron chi connectivity index (χ2n) is 6.47. The van der Waals surface area contributed by atoms with Crippen molar-refractivity contribution in [1.82, 2.24) is 0 Å². The Bertz CT molecular complexity index is 553. The highest BCUT2D eigenvalue weighted by molar-refractivity contribution is 6.56. The molecule has 0 bridgehead atoms. The Morgan fingerprint density at radius 3 is 2.33 bits per heavy atom. The van der Waals surface area contributed by atoms with Crippen LogP contribution in [0.2, 0.25) is 5.02 Å². The van der Waals surface area contributed by atoms with Gasteiger partial charge in [-0.3, -0.25) is 0 Å². The fourth-order valence-electron chi connectivity index (χ4n) is 2.20. The van der Waals surface area contributed by atoms with Gasteiger partial charge in [-0.2, -0.15) is 0 Å². The Hall–Kier alpha value is -0.805. The highest BCUT2D eigenvalue weighted by Crippen LogP contribution is 2.38. The summed E-state index contributed by atoms with van der Waals surface area (Å²) in [6.45, 7) is 10.5. The van der Waals surface area contributed by atoms with Crippen molar-refractivity contribution in [3.05, 3.63) is 39.8 Å². The molecule has 1 fully saturated rings. The van der Waals surface area contributed by atoms with Crippen LogP contribution in [0.25, 0.3) is 6.08 Å². The summed E-state index contributed by atoms with van der Waals surface area (Å²) in [6.07, 6.45) is 2.02. The lowest BCUT2D eigenvalue weighted by Crippen LogP contribution is -2.41. The summed E-state index contributed by atoms with van der Waals surface area (Å²) < 4.78 is 12.1. The average molecular weight is 308 g/mol. The largest absolute Gasteiger partial charge is 0.491 e. The summed E-state index contributed by atoms with van der Waals surface area (Å²) in [7, 11) is -0.418. The molecule has 2 rings (SSSR count). The molecule has 3 nitrogen and oxygen atoms in total. The quantitative estimate of drug-likeness (QED) is 0.867. The number of halogens is 1. The van der Waals surface area contributed by atoms with E-state index in [2.05, 4.69) is 0 Å². The van der Waals surface area contributed by atoms with E-state index in [0.717, 1.165) is 21.6 Å². The van der Waals surface area contributed by atoms with Crippen molar-refractivity contribution in [2.45, 2.75) is 45.8 Å². The Balaban J connectivity index is 2.33. The molecule has 0 aliphatic carbocycles. The minimum absolute atomic E-state index is 0.366. The molecule has 0 saturated carbocycles. The molecule has 1 aliphatic heterocycles. The van der Waals surface area contributed by atoms with Gasteiger partial charge in [0.05, 0.1) is 11.2 Å². The van der Waals surface area contributed by atoms with Crippen molar-refractivity contribution in [3.63, 3.8) is 0 Å². The van der Waals surface area contributed by atoms with E-state index in [9.17, 15) is 0 Å². The molecule has 0 spiro atoms. The van der Waals surface area contributed by atoms with Crippen LogP contribution in [0.5, 0.6) is 0 Å². The molecule has 0 amide bonds. The minimum Gasteiger partial charge on any atom is -0.400 e. The molecule has 1 saturated heterocycles. The van der Waals surface area contributed by atoms with Crippen molar-refractivity contribution in [2.24, 2.45) is 5.73 Å². The number of nitrogens with two attached hydrogens (primary N) is 1. The fraction of sp³-hybridized carbons (Fsp3) is 0.500. The maximum Gasteiger partial charge on any atom is 0.491 e. The first-order valence-corrected chi connectivity index (χ1v) is 7.57. The molecule has 0 radical (unpaired) electrons. The predicted octanol–water partition coefficient (Wildman–Crippen LogP) is 3.62. The van der Waals surface area contributed by atoms with E-state index in [1.807, 2.05) is 58.9 Å². The van der Waals surface area contributed by atoms with Gasteiger partial charge >= 0.3 is 7.12 Å². The minimum atomic E-state index is -0.418. The van der Waals surface area contributed by atoms with Crippen LogP contribution < -0.4 is 5.73 Å². The maximum atomic E-state index is 6.17. The van der Waals surface area contributed by atoms with Crippen molar-refractivity contribution in [3.8, 4) is 0 Å². The molecular weight excluding hydrogens is 284 g/mol. The first-order chi connectivity index (χ1) is 9.68. The molecule has 21 heavy (non-hydrogen) atoms. The molecule has 5 heteroatoms. The van der Waals surface area contributed by atoms with E-state index < -0.39 is 7.12 Å². The lowest BCUT2D eigenvalue weighted by molar-refractivity contribution is 0.00578. The summed E-state index contributed by atoms with van der Waals surface area (Å²) in [6, 6.07) is 5.83. The first kappa shape index (κ1) is 16.6. The third kappa shape index (κ3) is 3.19. The molecule has 2 N–H and O–H groups in total. The third-order valence-corrected chi connectivity index (χ3v) is 4.85. The van der Waals surface area contributed by atoms with Crippen LogP contribution in [0.4, 0.5) is 0 Å². The van der Waals surface area contributed by atoms with Crippen molar-refractivity contribution < 1.29 is 9.31 Å². The Kier molecular flexibility index (Phi) is 4.55.